The average Bonchev–Trinajstić information content (AvgIpc) is 2.20. The predicted molar refractivity (Wildman–Crippen MR) is 68.9 cm³/mol. The molecule has 17 heavy (non-hydrogen) atoms. The van der Waals surface area contributed by atoms with Gasteiger partial charge in [0.15, 0.2) is 0 Å². The Morgan fingerprint density at radius 3 is 2.41 bits per heavy atom. The van der Waals surface area contributed by atoms with Gasteiger partial charge in [0.25, 0.3) is 0 Å². The topological polar surface area (TPSA) is 62.3 Å². The summed E-state index contributed by atoms with van der Waals surface area (Å²) < 4.78 is 24.8. The summed E-state index contributed by atoms with van der Waals surface area (Å²) in [6, 6.07) is 1.57. The molecular formula is C10H16ClN3O2S. The van der Waals surface area contributed by atoms with Gasteiger partial charge in [-0.05, 0) is 19.9 Å². The Hall–Kier alpha value is -0.850. The Bertz CT molecular complexity index is 500. The van der Waals surface area contributed by atoms with Crippen molar-refractivity contribution in [1.29, 1.82) is 0 Å². The smallest absolute Gasteiger partial charge is 0.244 e. The number of sulfonamides is 1. The lowest BCUT2D eigenvalue weighted by molar-refractivity contribution is 0.520. The maximum Gasteiger partial charge on any atom is 0.244 e. The quantitative estimate of drug-likeness (QED) is 0.912. The van der Waals surface area contributed by atoms with Crippen molar-refractivity contribution in [3.8, 4) is 0 Å². The molecular weight excluding hydrogens is 262 g/mol. The van der Waals surface area contributed by atoms with Crippen LogP contribution in [0.1, 0.15) is 13.8 Å². The fraction of sp³-hybridized carbons (Fsp3) is 0.500. The number of nitrogens with zero attached hydrogens (tertiary/aromatic N) is 2. The first-order chi connectivity index (χ1) is 7.75. The van der Waals surface area contributed by atoms with Gasteiger partial charge in [0, 0.05) is 26.3 Å². The van der Waals surface area contributed by atoms with Crippen LogP contribution in [-0.4, -0.2) is 37.8 Å². The summed E-state index contributed by atoms with van der Waals surface area (Å²) in [4.78, 5) is 4.10. The Morgan fingerprint density at radius 2 is 2.00 bits per heavy atom. The minimum absolute atomic E-state index is 0.0850. The van der Waals surface area contributed by atoms with Crippen LogP contribution in [0, 0.1) is 0 Å². The second-order valence-electron chi connectivity index (χ2n) is 4.09. The lowest BCUT2D eigenvalue weighted by atomic mass is 10.4. The van der Waals surface area contributed by atoms with Crippen molar-refractivity contribution in [1.82, 2.24) is 9.29 Å². The number of aromatic nitrogens is 1. The number of nitrogens with one attached hydrogen (secondary N) is 1. The Kier molecular flexibility index (Phi) is 4.35. The number of hydrogen-bond acceptors (Lipinski definition) is 4. The molecule has 0 atom stereocenters. The van der Waals surface area contributed by atoms with Gasteiger partial charge in [-0.15, -0.1) is 0 Å². The molecule has 0 saturated heterocycles. The number of hydrogen-bond donors (Lipinski definition) is 1. The molecule has 96 valence electrons. The van der Waals surface area contributed by atoms with E-state index in [0.717, 1.165) is 4.31 Å². The van der Waals surface area contributed by atoms with Crippen LogP contribution < -0.4 is 5.32 Å². The number of rotatable bonds is 4. The highest BCUT2D eigenvalue weighted by Crippen LogP contribution is 2.24. The summed E-state index contributed by atoms with van der Waals surface area (Å²) in [5.41, 5.74) is 0. The molecule has 5 nitrogen and oxygen atoms in total. The molecule has 0 fully saturated rings. The van der Waals surface area contributed by atoms with Crippen LogP contribution in [-0.2, 0) is 10.0 Å². The van der Waals surface area contributed by atoms with Crippen LogP contribution >= 0.6 is 11.6 Å². The van der Waals surface area contributed by atoms with E-state index >= 15 is 0 Å². The highest BCUT2D eigenvalue weighted by molar-refractivity contribution is 7.89. The lowest BCUT2D eigenvalue weighted by Crippen LogP contribution is -2.22. The summed E-state index contributed by atoms with van der Waals surface area (Å²) in [7, 11) is -0.562. The molecule has 0 amide bonds. The maximum absolute atomic E-state index is 11.8. The van der Waals surface area contributed by atoms with Crippen molar-refractivity contribution < 1.29 is 8.42 Å². The lowest BCUT2D eigenvalue weighted by Gasteiger charge is -2.14. The van der Waals surface area contributed by atoms with Crippen molar-refractivity contribution in [2.45, 2.75) is 24.8 Å². The van der Waals surface area contributed by atoms with Crippen molar-refractivity contribution in [2.75, 3.05) is 19.4 Å². The molecule has 0 aromatic carbocycles. The van der Waals surface area contributed by atoms with Crippen molar-refractivity contribution >= 4 is 27.4 Å². The molecule has 1 rings (SSSR count). The van der Waals surface area contributed by atoms with E-state index in [-0.39, 0.29) is 10.9 Å². The van der Waals surface area contributed by atoms with Gasteiger partial charge in [-0.3, -0.25) is 0 Å². The Balaban J connectivity index is 3.13. The van der Waals surface area contributed by atoms with E-state index in [2.05, 4.69) is 10.3 Å². The van der Waals surface area contributed by atoms with Crippen LogP contribution in [0.4, 0.5) is 5.82 Å². The second kappa shape index (κ2) is 5.20. The van der Waals surface area contributed by atoms with Gasteiger partial charge < -0.3 is 5.32 Å². The second-order valence-corrected chi connectivity index (χ2v) is 6.65. The average molecular weight is 278 g/mol. The van der Waals surface area contributed by atoms with E-state index < -0.39 is 10.0 Å². The Labute approximate surface area is 107 Å². The van der Waals surface area contributed by atoms with Gasteiger partial charge in [-0.2, -0.15) is 0 Å². The first kappa shape index (κ1) is 14.2. The third-order valence-corrected chi connectivity index (χ3v) is 4.09. The SMILES string of the molecule is CC(C)Nc1ncc(S(=O)(=O)N(C)C)cc1Cl. The first-order valence-electron chi connectivity index (χ1n) is 5.09. The molecule has 0 unspecified atom stereocenters. The van der Waals surface area contributed by atoms with Crippen molar-refractivity contribution in [3.05, 3.63) is 17.3 Å². The molecule has 1 aromatic heterocycles. The van der Waals surface area contributed by atoms with Crippen LogP contribution in [0.2, 0.25) is 5.02 Å². The predicted octanol–water partition coefficient (Wildman–Crippen LogP) is 1.81. The van der Waals surface area contributed by atoms with Gasteiger partial charge in [0.1, 0.15) is 10.7 Å². The fourth-order valence-corrected chi connectivity index (χ4v) is 2.31. The summed E-state index contributed by atoms with van der Waals surface area (Å²) in [5, 5.41) is 3.32. The zero-order valence-corrected chi connectivity index (χ0v) is 11.8. The number of halogens is 1. The van der Waals surface area contributed by atoms with Crippen LogP contribution in [0.25, 0.3) is 0 Å². The van der Waals surface area contributed by atoms with E-state index in [9.17, 15) is 8.42 Å². The summed E-state index contributed by atoms with van der Waals surface area (Å²) >= 11 is 5.98. The summed E-state index contributed by atoms with van der Waals surface area (Å²) in [5.74, 6) is 0.486. The molecule has 0 bridgehead atoms. The van der Waals surface area contributed by atoms with Crippen molar-refractivity contribution in [3.63, 3.8) is 0 Å². The zero-order chi connectivity index (χ0) is 13.2. The summed E-state index contributed by atoms with van der Waals surface area (Å²) in [6.07, 6.45) is 1.30. The maximum atomic E-state index is 11.8. The summed E-state index contributed by atoms with van der Waals surface area (Å²) in [6.45, 7) is 3.89. The normalized spacial score (nSPS) is 12.2. The van der Waals surface area contributed by atoms with Gasteiger partial charge in [-0.1, -0.05) is 11.6 Å². The van der Waals surface area contributed by atoms with E-state index in [0.29, 0.717) is 10.8 Å². The van der Waals surface area contributed by atoms with Crippen LogP contribution in [0.3, 0.4) is 0 Å². The standard InChI is InChI=1S/C10H16ClN3O2S/c1-7(2)13-10-9(11)5-8(6-12-10)17(15,16)14(3)4/h5-7H,1-4H3,(H,12,13). The number of pyridine rings is 1. The molecule has 1 aromatic rings. The first-order valence-corrected chi connectivity index (χ1v) is 6.91. The molecule has 0 aliphatic carbocycles. The third-order valence-electron chi connectivity index (χ3n) is 2.02. The minimum atomic E-state index is -3.49. The molecule has 1 heterocycles. The van der Waals surface area contributed by atoms with Gasteiger partial charge in [-0.25, -0.2) is 17.7 Å². The van der Waals surface area contributed by atoms with Gasteiger partial charge >= 0.3 is 0 Å². The Morgan fingerprint density at radius 1 is 1.41 bits per heavy atom. The van der Waals surface area contributed by atoms with E-state index in [1.165, 1.54) is 26.4 Å². The van der Waals surface area contributed by atoms with Crippen LogP contribution in [0.5, 0.6) is 0 Å². The molecule has 0 aliphatic heterocycles. The molecule has 0 saturated carbocycles. The highest BCUT2D eigenvalue weighted by atomic mass is 35.5. The molecule has 0 aliphatic rings. The molecule has 0 spiro atoms. The zero-order valence-electron chi connectivity index (χ0n) is 10.2. The van der Waals surface area contributed by atoms with E-state index in [4.69, 9.17) is 11.6 Å². The number of anilines is 1. The largest absolute Gasteiger partial charge is 0.367 e. The molecule has 0 radical (unpaired) electrons. The highest BCUT2D eigenvalue weighted by Gasteiger charge is 2.19. The van der Waals surface area contributed by atoms with Gasteiger partial charge in [0.05, 0.1) is 5.02 Å². The van der Waals surface area contributed by atoms with Gasteiger partial charge in [0.2, 0.25) is 10.0 Å². The molecule has 7 heteroatoms. The third kappa shape index (κ3) is 3.31. The van der Waals surface area contributed by atoms with Crippen molar-refractivity contribution in [2.24, 2.45) is 0 Å². The van der Waals surface area contributed by atoms with E-state index in [1.807, 2.05) is 13.8 Å². The minimum Gasteiger partial charge on any atom is -0.367 e. The van der Waals surface area contributed by atoms with Crippen LogP contribution in [0.15, 0.2) is 17.2 Å². The monoisotopic (exact) mass is 277 g/mol. The fourth-order valence-electron chi connectivity index (χ4n) is 1.15. The van der Waals surface area contributed by atoms with E-state index in [1.54, 1.807) is 0 Å². The molecule has 1 N–H and O–H groups in total.